The van der Waals surface area contributed by atoms with Crippen LogP contribution in [0, 0.1) is 0 Å². The van der Waals surface area contributed by atoms with Crippen molar-refractivity contribution in [2.45, 2.75) is 25.3 Å². The zero-order chi connectivity index (χ0) is 20.1. The van der Waals surface area contributed by atoms with Crippen molar-refractivity contribution in [1.29, 1.82) is 0 Å². The first-order valence-electron chi connectivity index (χ1n) is 9.22. The summed E-state index contributed by atoms with van der Waals surface area (Å²) < 4.78 is 0. The van der Waals surface area contributed by atoms with Gasteiger partial charge in [-0.25, -0.2) is 14.8 Å². The third-order valence-corrected chi connectivity index (χ3v) is 4.95. The van der Waals surface area contributed by atoms with E-state index in [2.05, 4.69) is 14.9 Å². The van der Waals surface area contributed by atoms with E-state index in [4.69, 9.17) is 10.2 Å². The van der Waals surface area contributed by atoms with E-state index in [0.717, 1.165) is 43.6 Å². The highest BCUT2D eigenvalue weighted by Gasteiger charge is 2.22. The van der Waals surface area contributed by atoms with Gasteiger partial charge in [0.1, 0.15) is 6.54 Å². The summed E-state index contributed by atoms with van der Waals surface area (Å²) in [5.41, 5.74) is 2.45. The highest BCUT2D eigenvalue weighted by atomic mass is 16.4. The van der Waals surface area contributed by atoms with E-state index in [9.17, 15) is 9.59 Å². The Kier molecular flexibility index (Phi) is 6.20. The second-order valence-corrected chi connectivity index (χ2v) is 7.14. The molecule has 1 fully saturated rings. The Bertz CT molecular complexity index is 823. The summed E-state index contributed by atoms with van der Waals surface area (Å²) in [5, 5.41) is 17.9. The Morgan fingerprint density at radius 1 is 1.18 bits per heavy atom. The lowest BCUT2D eigenvalue weighted by Gasteiger charge is -2.33. The van der Waals surface area contributed by atoms with Crippen molar-refractivity contribution in [3.8, 4) is 0 Å². The highest BCUT2D eigenvalue weighted by molar-refractivity contribution is 5.87. The van der Waals surface area contributed by atoms with E-state index in [1.165, 1.54) is 4.90 Å². The molecule has 1 saturated heterocycles. The average Bonchev–Trinajstić information content (AvgIpc) is 2.68. The molecule has 1 aromatic heterocycles. The van der Waals surface area contributed by atoms with Crippen LogP contribution in [0.5, 0.6) is 0 Å². The second kappa shape index (κ2) is 8.79. The van der Waals surface area contributed by atoms with E-state index in [0.29, 0.717) is 17.4 Å². The molecule has 3 rings (SSSR count). The van der Waals surface area contributed by atoms with Crippen LogP contribution in [-0.2, 0) is 11.3 Å². The molecule has 0 unspecified atom stereocenters. The van der Waals surface area contributed by atoms with Gasteiger partial charge in [-0.3, -0.25) is 9.69 Å². The van der Waals surface area contributed by atoms with Crippen LogP contribution in [0.2, 0.25) is 0 Å². The molecular formula is C20H24N4O4. The number of carbonyl (C=O) groups is 2. The number of benzene rings is 1. The van der Waals surface area contributed by atoms with Gasteiger partial charge in [0.15, 0.2) is 0 Å². The molecular weight excluding hydrogens is 360 g/mol. The van der Waals surface area contributed by atoms with Gasteiger partial charge in [-0.1, -0.05) is 12.1 Å². The maximum atomic E-state index is 11.0. The zero-order valence-electron chi connectivity index (χ0n) is 15.8. The third kappa shape index (κ3) is 5.04. The number of aromatic carboxylic acids is 1. The zero-order valence-corrected chi connectivity index (χ0v) is 15.8. The number of aliphatic carboxylic acids is 1. The molecule has 1 aromatic carbocycles. The van der Waals surface area contributed by atoms with E-state index in [1.807, 2.05) is 12.1 Å². The predicted octanol–water partition coefficient (Wildman–Crippen LogP) is 2.08. The number of carboxylic acids is 2. The molecule has 2 heterocycles. The summed E-state index contributed by atoms with van der Waals surface area (Å²) in [6, 6.07) is 7.15. The fourth-order valence-electron chi connectivity index (χ4n) is 3.53. The summed E-state index contributed by atoms with van der Waals surface area (Å²) in [6.45, 7) is 2.47. The first-order chi connectivity index (χ1) is 13.4. The minimum atomic E-state index is -0.925. The van der Waals surface area contributed by atoms with Gasteiger partial charge >= 0.3 is 11.9 Å². The molecule has 0 bridgehead atoms. The first-order valence-corrected chi connectivity index (χ1v) is 9.22. The number of carboxylic acid groups (broad SMARTS) is 2. The number of rotatable bonds is 7. The molecule has 0 saturated carbocycles. The summed E-state index contributed by atoms with van der Waals surface area (Å²) in [5.74, 6) is -1.07. The Morgan fingerprint density at radius 3 is 2.46 bits per heavy atom. The molecule has 0 aliphatic carbocycles. The van der Waals surface area contributed by atoms with E-state index in [1.54, 1.807) is 31.6 Å². The van der Waals surface area contributed by atoms with Crippen LogP contribution in [0.15, 0.2) is 36.7 Å². The molecule has 1 atom stereocenters. The second-order valence-electron chi connectivity index (χ2n) is 7.14. The summed E-state index contributed by atoms with van der Waals surface area (Å²) in [4.78, 5) is 34.2. The molecule has 8 nitrogen and oxygen atoms in total. The van der Waals surface area contributed by atoms with Gasteiger partial charge < -0.3 is 15.1 Å². The normalized spacial score (nSPS) is 17.2. The first kappa shape index (κ1) is 19.8. The van der Waals surface area contributed by atoms with Crippen LogP contribution in [0.1, 0.15) is 40.2 Å². The predicted molar refractivity (Wildman–Crippen MR) is 104 cm³/mol. The number of likely N-dealkylation sites (N-methyl/N-ethyl adjacent to an activating group) is 1. The SMILES string of the molecule is CN(CC(=O)O)c1ncc(CN2CCC[C@@H](c3ccc(C(=O)O)cc3)C2)cn1. The number of piperidine rings is 1. The fourth-order valence-corrected chi connectivity index (χ4v) is 3.53. The lowest BCUT2D eigenvalue weighted by Crippen LogP contribution is -2.34. The number of anilines is 1. The van der Waals surface area contributed by atoms with E-state index < -0.39 is 11.9 Å². The molecule has 2 aromatic rings. The molecule has 1 aliphatic heterocycles. The Balaban J connectivity index is 1.60. The number of hydrogen-bond acceptors (Lipinski definition) is 6. The minimum absolute atomic E-state index is 0.145. The topological polar surface area (TPSA) is 107 Å². The quantitative estimate of drug-likeness (QED) is 0.747. The van der Waals surface area contributed by atoms with Crippen molar-refractivity contribution in [3.05, 3.63) is 53.3 Å². The van der Waals surface area contributed by atoms with Crippen LogP contribution >= 0.6 is 0 Å². The van der Waals surface area contributed by atoms with E-state index >= 15 is 0 Å². The van der Waals surface area contributed by atoms with Crippen molar-refractivity contribution in [1.82, 2.24) is 14.9 Å². The molecule has 28 heavy (non-hydrogen) atoms. The lowest BCUT2D eigenvalue weighted by molar-refractivity contribution is -0.135. The number of hydrogen-bond donors (Lipinski definition) is 2. The van der Waals surface area contributed by atoms with Gasteiger partial charge in [-0.05, 0) is 43.0 Å². The van der Waals surface area contributed by atoms with Crippen LogP contribution in [0.4, 0.5) is 5.95 Å². The maximum absolute atomic E-state index is 11.0. The largest absolute Gasteiger partial charge is 0.480 e. The maximum Gasteiger partial charge on any atom is 0.335 e. The van der Waals surface area contributed by atoms with Gasteiger partial charge in [0, 0.05) is 38.1 Å². The highest BCUT2D eigenvalue weighted by Crippen LogP contribution is 2.28. The van der Waals surface area contributed by atoms with Crippen LogP contribution in [0.3, 0.4) is 0 Å². The van der Waals surface area contributed by atoms with Gasteiger partial charge in [0.25, 0.3) is 0 Å². The average molecular weight is 384 g/mol. The minimum Gasteiger partial charge on any atom is -0.480 e. The van der Waals surface area contributed by atoms with Gasteiger partial charge in [0.05, 0.1) is 5.56 Å². The fraction of sp³-hybridized carbons (Fsp3) is 0.400. The summed E-state index contributed by atoms with van der Waals surface area (Å²) >= 11 is 0. The van der Waals surface area contributed by atoms with Crippen molar-refractivity contribution in [3.63, 3.8) is 0 Å². The number of nitrogens with zero attached hydrogens (tertiary/aromatic N) is 4. The van der Waals surface area contributed by atoms with E-state index in [-0.39, 0.29) is 6.54 Å². The van der Waals surface area contributed by atoms with Gasteiger partial charge in [0.2, 0.25) is 5.95 Å². The van der Waals surface area contributed by atoms with Crippen molar-refractivity contribution < 1.29 is 19.8 Å². The smallest absolute Gasteiger partial charge is 0.335 e. The lowest BCUT2D eigenvalue weighted by atomic mass is 9.90. The van der Waals surface area contributed by atoms with Gasteiger partial charge in [-0.15, -0.1) is 0 Å². The Morgan fingerprint density at radius 2 is 1.86 bits per heavy atom. The molecule has 148 valence electrons. The molecule has 0 amide bonds. The van der Waals surface area contributed by atoms with Crippen molar-refractivity contribution in [2.75, 3.05) is 31.6 Å². The summed E-state index contributed by atoms with van der Waals surface area (Å²) in [6.07, 6.45) is 5.64. The van der Waals surface area contributed by atoms with Crippen LogP contribution in [0.25, 0.3) is 0 Å². The molecule has 0 radical (unpaired) electrons. The Labute approximate surface area is 163 Å². The monoisotopic (exact) mass is 384 g/mol. The number of likely N-dealkylation sites (tertiary alicyclic amines) is 1. The van der Waals surface area contributed by atoms with Gasteiger partial charge in [-0.2, -0.15) is 0 Å². The van der Waals surface area contributed by atoms with Crippen LogP contribution in [-0.4, -0.2) is 63.7 Å². The molecule has 8 heteroatoms. The number of aromatic nitrogens is 2. The summed E-state index contributed by atoms with van der Waals surface area (Å²) in [7, 11) is 1.65. The van der Waals surface area contributed by atoms with Crippen LogP contribution < -0.4 is 4.90 Å². The Hall–Kier alpha value is -3.00. The van der Waals surface area contributed by atoms with Crippen molar-refractivity contribution >= 4 is 17.9 Å². The molecule has 1 aliphatic rings. The van der Waals surface area contributed by atoms with Crippen molar-refractivity contribution in [2.24, 2.45) is 0 Å². The molecule has 2 N–H and O–H groups in total. The standard InChI is InChI=1S/C20H24N4O4/c1-23(13-18(25)26)20-21-9-14(10-22-20)11-24-8-2-3-17(12-24)15-4-6-16(7-5-15)19(27)28/h4-7,9-10,17H,2-3,8,11-13H2,1H3,(H,25,26)(H,27,28)/t17-/m1/s1. The third-order valence-electron chi connectivity index (χ3n) is 4.95. The molecule has 0 spiro atoms.